The van der Waals surface area contributed by atoms with E-state index >= 15 is 0 Å². The molecule has 1 atom stereocenters. The zero-order chi connectivity index (χ0) is 29.2. The van der Waals surface area contributed by atoms with Crippen molar-refractivity contribution < 1.29 is 49.8 Å². The van der Waals surface area contributed by atoms with E-state index in [1.807, 2.05) is 0 Å². The van der Waals surface area contributed by atoms with Crippen LogP contribution < -0.4 is 24.4 Å². The summed E-state index contributed by atoms with van der Waals surface area (Å²) in [5.74, 6) is -1.39. The molecule has 0 saturated heterocycles. The molecule has 15 heteroatoms. The Labute approximate surface area is 222 Å². The molecule has 2 aromatic rings. The van der Waals surface area contributed by atoms with Crippen LogP contribution in [0.15, 0.2) is 41.3 Å². The first-order valence-corrected chi connectivity index (χ1v) is 13.1. The fourth-order valence-electron chi connectivity index (χ4n) is 3.45. The molecule has 1 aliphatic rings. The van der Waals surface area contributed by atoms with Gasteiger partial charge in [-0.1, -0.05) is 0 Å². The average Bonchev–Trinajstić information content (AvgIpc) is 2.82. The zero-order valence-electron chi connectivity index (χ0n) is 21.4. The van der Waals surface area contributed by atoms with Gasteiger partial charge in [0.05, 0.1) is 30.3 Å². The number of nitrogens with zero attached hydrogens (tertiary/aromatic N) is 1. The van der Waals surface area contributed by atoms with Gasteiger partial charge in [0.1, 0.15) is 11.9 Å². The SMILES string of the molecule is CCOc1cc(S(=O)(=O)N2C[C@H](CNC(C)=O)Oc3ccc(NC(=O)OC(C)(C)C(F)(F)F)cc32)ccc1F. The van der Waals surface area contributed by atoms with Gasteiger partial charge in [-0.05, 0) is 51.1 Å². The number of nitrogens with one attached hydrogen (secondary N) is 2. The van der Waals surface area contributed by atoms with Gasteiger partial charge in [0.15, 0.2) is 11.6 Å². The van der Waals surface area contributed by atoms with Crippen LogP contribution in [0.1, 0.15) is 27.7 Å². The summed E-state index contributed by atoms with van der Waals surface area (Å²) >= 11 is 0. The van der Waals surface area contributed by atoms with Crippen LogP contribution in [-0.4, -0.2) is 58.0 Å². The van der Waals surface area contributed by atoms with Crippen molar-refractivity contribution in [1.82, 2.24) is 5.32 Å². The van der Waals surface area contributed by atoms with Crippen molar-refractivity contribution in [2.45, 2.75) is 50.5 Å². The van der Waals surface area contributed by atoms with Gasteiger partial charge < -0.3 is 19.5 Å². The van der Waals surface area contributed by atoms with E-state index in [1.54, 1.807) is 6.92 Å². The lowest BCUT2D eigenvalue weighted by molar-refractivity contribution is -0.242. The van der Waals surface area contributed by atoms with Gasteiger partial charge in [-0.2, -0.15) is 13.2 Å². The third-order valence-corrected chi connectivity index (χ3v) is 7.31. The van der Waals surface area contributed by atoms with E-state index < -0.39 is 39.8 Å². The van der Waals surface area contributed by atoms with Crippen molar-refractivity contribution in [3.05, 3.63) is 42.2 Å². The van der Waals surface area contributed by atoms with Crippen molar-refractivity contribution in [1.29, 1.82) is 0 Å². The molecule has 0 radical (unpaired) electrons. The lowest BCUT2D eigenvalue weighted by Gasteiger charge is -2.36. The van der Waals surface area contributed by atoms with Crippen LogP contribution in [0.3, 0.4) is 0 Å². The van der Waals surface area contributed by atoms with Crippen molar-refractivity contribution in [3.8, 4) is 11.5 Å². The van der Waals surface area contributed by atoms with Crippen molar-refractivity contribution in [3.63, 3.8) is 0 Å². The molecular weight excluding hydrogens is 550 g/mol. The highest BCUT2D eigenvalue weighted by Crippen LogP contribution is 2.40. The highest BCUT2D eigenvalue weighted by atomic mass is 32.2. The van der Waals surface area contributed by atoms with Crippen LogP contribution in [-0.2, 0) is 19.6 Å². The van der Waals surface area contributed by atoms with Crippen LogP contribution in [0, 0.1) is 5.82 Å². The Kier molecular flexibility index (Phi) is 8.53. The molecule has 1 aliphatic heterocycles. The summed E-state index contributed by atoms with van der Waals surface area (Å²) in [6.07, 6.45) is -7.09. The Morgan fingerprint density at radius 1 is 1.15 bits per heavy atom. The predicted molar refractivity (Wildman–Crippen MR) is 132 cm³/mol. The largest absolute Gasteiger partial charge is 0.491 e. The summed E-state index contributed by atoms with van der Waals surface area (Å²) in [4.78, 5) is 23.3. The molecule has 2 aromatic carbocycles. The number of halogens is 4. The van der Waals surface area contributed by atoms with E-state index in [1.165, 1.54) is 25.1 Å². The maximum Gasteiger partial charge on any atom is 0.427 e. The van der Waals surface area contributed by atoms with Gasteiger partial charge in [-0.25, -0.2) is 17.6 Å². The molecule has 0 bridgehead atoms. The normalized spacial score (nSPS) is 15.6. The Hall–Kier alpha value is -3.75. The van der Waals surface area contributed by atoms with E-state index in [0.29, 0.717) is 13.8 Å². The fraction of sp³-hybridized carbons (Fsp3) is 0.417. The molecule has 0 saturated carbocycles. The standard InChI is InChI=1S/C24H27F4N3O7S/c1-5-36-21-11-17(7-8-18(21)25)39(34,35)31-13-16(12-29-14(2)32)37-20-9-6-15(10-19(20)31)30-22(33)38-23(3,4)24(26,27)28/h6-11,16H,5,12-13H2,1-4H3,(H,29,32)(H,30,33)/t16-/m0/s1. The predicted octanol–water partition coefficient (Wildman–Crippen LogP) is 4.21. The second-order valence-corrected chi connectivity index (χ2v) is 10.8. The second-order valence-electron chi connectivity index (χ2n) is 8.94. The summed E-state index contributed by atoms with van der Waals surface area (Å²) in [6.45, 7) is 3.96. The Balaban J connectivity index is 1.99. The molecule has 0 aromatic heterocycles. The molecule has 10 nitrogen and oxygen atoms in total. The fourth-order valence-corrected chi connectivity index (χ4v) is 4.97. The number of carbonyl (C=O) groups is 2. The number of sulfonamides is 1. The molecule has 2 N–H and O–H groups in total. The van der Waals surface area contributed by atoms with Crippen LogP contribution in [0.4, 0.5) is 33.7 Å². The minimum atomic E-state index is -4.84. The summed E-state index contributed by atoms with van der Waals surface area (Å²) in [7, 11) is -4.40. The van der Waals surface area contributed by atoms with Gasteiger partial charge in [0.25, 0.3) is 10.0 Å². The van der Waals surface area contributed by atoms with E-state index in [0.717, 1.165) is 22.5 Å². The average molecular weight is 578 g/mol. The van der Waals surface area contributed by atoms with Gasteiger partial charge in [0, 0.05) is 18.7 Å². The van der Waals surface area contributed by atoms with Crippen molar-refractivity contribution >= 4 is 33.4 Å². The molecule has 0 spiro atoms. The van der Waals surface area contributed by atoms with Crippen LogP contribution in [0.25, 0.3) is 0 Å². The first-order valence-electron chi connectivity index (χ1n) is 11.6. The van der Waals surface area contributed by atoms with Gasteiger partial charge in [-0.15, -0.1) is 0 Å². The molecule has 214 valence electrons. The Bertz CT molecular complexity index is 1350. The molecule has 0 aliphatic carbocycles. The van der Waals surface area contributed by atoms with Gasteiger partial charge in [0.2, 0.25) is 11.5 Å². The number of hydrogen-bond donors (Lipinski definition) is 2. The van der Waals surface area contributed by atoms with Crippen LogP contribution >= 0.6 is 0 Å². The Morgan fingerprint density at radius 2 is 1.85 bits per heavy atom. The highest BCUT2D eigenvalue weighted by Gasteiger charge is 2.51. The number of carbonyl (C=O) groups excluding carboxylic acids is 2. The topological polar surface area (TPSA) is 123 Å². The first-order chi connectivity index (χ1) is 18.0. The van der Waals surface area contributed by atoms with E-state index in [9.17, 15) is 35.6 Å². The number of rotatable bonds is 8. The van der Waals surface area contributed by atoms with E-state index in [-0.39, 0.29) is 53.4 Å². The number of anilines is 2. The molecule has 39 heavy (non-hydrogen) atoms. The molecule has 3 rings (SSSR count). The maximum absolute atomic E-state index is 14.1. The number of amides is 2. The summed E-state index contributed by atoms with van der Waals surface area (Å²) in [5.41, 5.74) is -2.94. The zero-order valence-corrected chi connectivity index (χ0v) is 22.2. The lowest BCUT2D eigenvalue weighted by Crippen LogP contribution is -2.48. The third-order valence-electron chi connectivity index (χ3n) is 5.54. The van der Waals surface area contributed by atoms with Gasteiger partial charge in [-0.3, -0.25) is 14.4 Å². The summed E-state index contributed by atoms with van der Waals surface area (Å²) in [6, 6.07) is 6.76. The minimum Gasteiger partial charge on any atom is -0.491 e. The number of ether oxygens (including phenoxy) is 3. The van der Waals surface area contributed by atoms with Crippen LogP contribution in [0.5, 0.6) is 11.5 Å². The molecule has 0 fully saturated rings. The molecule has 2 amide bonds. The number of hydrogen-bond acceptors (Lipinski definition) is 7. The minimum absolute atomic E-state index is 0.0434. The maximum atomic E-state index is 14.1. The van der Waals surface area contributed by atoms with Crippen molar-refractivity contribution in [2.75, 3.05) is 29.3 Å². The third kappa shape index (κ3) is 6.82. The second kappa shape index (κ2) is 11.2. The number of fused-ring (bicyclic) bond motifs is 1. The summed E-state index contributed by atoms with van der Waals surface area (Å²) < 4.78 is 97.2. The molecule has 1 heterocycles. The van der Waals surface area contributed by atoms with Crippen LogP contribution in [0.2, 0.25) is 0 Å². The molecular formula is C24H27F4N3O7S. The van der Waals surface area contributed by atoms with E-state index in [4.69, 9.17) is 9.47 Å². The number of benzene rings is 2. The smallest absolute Gasteiger partial charge is 0.427 e. The van der Waals surface area contributed by atoms with Gasteiger partial charge >= 0.3 is 12.3 Å². The van der Waals surface area contributed by atoms with Crippen molar-refractivity contribution in [2.24, 2.45) is 0 Å². The highest BCUT2D eigenvalue weighted by molar-refractivity contribution is 7.92. The quantitative estimate of drug-likeness (QED) is 0.451. The molecule has 0 unspecified atom stereocenters. The first kappa shape index (κ1) is 29.8. The monoisotopic (exact) mass is 577 g/mol. The summed E-state index contributed by atoms with van der Waals surface area (Å²) in [5, 5.41) is 4.69. The van der Waals surface area contributed by atoms with E-state index in [2.05, 4.69) is 15.4 Å². The number of alkyl halides is 3. The Morgan fingerprint density at radius 3 is 2.46 bits per heavy atom. The lowest BCUT2D eigenvalue weighted by atomic mass is 10.1.